The SMILES string of the molecule is Cc1cccc(C(=O)Nc2c(C(=O)NCc3c(C)nn(C)c3C)[nH]c3ccc(C)cc23)c1. The van der Waals surface area contributed by atoms with Gasteiger partial charge in [0.15, 0.2) is 0 Å². The van der Waals surface area contributed by atoms with E-state index in [4.69, 9.17) is 0 Å². The summed E-state index contributed by atoms with van der Waals surface area (Å²) in [5.74, 6) is -0.551. The number of amides is 2. The van der Waals surface area contributed by atoms with E-state index < -0.39 is 0 Å². The van der Waals surface area contributed by atoms with Crippen LogP contribution in [0.2, 0.25) is 0 Å². The first-order valence-electron chi connectivity index (χ1n) is 10.5. The van der Waals surface area contributed by atoms with Gasteiger partial charge in [-0.05, 0) is 52.0 Å². The molecule has 2 amide bonds. The Balaban J connectivity index is 1.67. The van der Waals surface area contributed by atoms with Crippen molar-refractivity contribution in [2.24, 2.45) is 7.05 Å². The zero-order chi connectivity index (χ0) is 23.0. The number of aryl methyl sites for hydroxylation is 4. The number of nitrogens with zero attached hydrogens (tertiary/aromatic N) is 2. The summed E-state index contributed by atoms with van der Waals surface area (Å²) in [6.07, 6.45) is 0. The maximum absolute atomic E-state index is 13.2. The zero-order valence-electron chi connectivity index (χ0n) is 19.0. The first kappa shape index (κ1) is 21.4. The molecular weight excluding hydrogens is 402 g/mol. The van der Waals surface area contributed by atoms with Crippen LogP contribution in [0.25, 0.3) is 10.9 Å². The van der Waals surface area contributed by atoms with Crippen molar-refractivity contribution in [2.45, 2.75) is 34.2 Å². The van der Waals surface area contributed by atoms with Crippen molar-refractivity contribution in [3.8, 4) is 0 Å². The average Bonchev–Trinajstić information content (AvgIpc) is 3.22. The lowest BCUT2D eigenvalue weighted by Crippen LogP contribution is -2.25. The van der Waals surface area contributed by atoms with E-state index >= 15 is 0 Å². The van der Waals surface area contributed by atoms with E-state index in [1.165, 1.54) is 0 Å². The van der Waals surface area contributed by atoms with Crippen LogP contribution in [-0.2, 0) is 13.6 Å². The molecule has 2 aromatic carbocycles. The molecule has 0 radical (unpaired) electrons. The molecule has 4 aromatic rings. The molecule has 0 aliphatic heterocycles. The number of benzene rings is 2. The normalized spacial score (nSPS) is 11.0. The predicted molar refractivity (Wildman–Crippen MR) is 126 cm³/mol. The summed E-state index contributed by atoms with van der Waals surface area (Å²) in [7, 11) is 1.88. The Kier molecular flexibility index (Phi) is 5.57. The average molecular weight is 430 g/mol. The van der Waals surface area contributed by atoms with Crippen LogP contribution in [0.4, 0.5) is 5.69 Å². The summed E-state index contributed by atoms with van der Waals surface area (Å²) in [6, 6.07) is 13.2. The second-order valence-electron chi connectivity index (χ2n) is 8.20. The van der Waals surface area contributed by atoms with Crippen LogP contribution in [0.1, 0.15) is 48.9 Å². The highest BCUT2D eigenvalue weighted by molar-refractivity contribution is 6.15. The highest BCUT2D eigenvalue weighted by Gasteiger charge is 2.21. The minimum Gasteiger partial charge on any atom is -0.349 e. The van der Waals surface area contributed by atoms with Crippen LogP contribution in [0.5, 0.6) is 0 Å². The molecule has 2 heterocycles. The van der Waals surface area contributed by atoms with E-state index in [2.05, 4.69) is 20.7 Å². The molecule has 164 valence electrons. The van der Waals surface area contributed by atoms with Gasteiger partial charge < -0.3 is 15.6 Å². The monoisotopic (exact) mass is 429 g/mol. The third kappa shape index (κ3) is 4.01. The summed E-state index contributed by atoms with van der Waals surface area (Å²) in [5.41, 5.74) is 7.03. The Bertz CT molecular complexity index is 1350. The summed E-state index contributed by atoms with van der Waals surface area (Å²) in [5, 5.41) is 11.1. The number of nitrogens with one attached hydrogen (secondary N) is 3. The van der Waals surface area contributed by atoms with Gasteiger partial charge in [0.25, 0.3) is 11.8 Å². The molecule has 32 heavy (non-hydrogen) atoms. The number of anilines is 1. The minimum absolute atomic E-state index is 0.260. The number of hydrogen-bond donors (Lipinski definition) is 3. The van der Waals surface area contributed by atoms with E-state index in [0.717, 1.165) is 39.0 Å². The number of aromatic nitrogens is 3. The topological polar surface area (TPSA) is 91.8 Å². The van der Waals surface area contributed by atoms with Crippen LogP contribution < -0.4 is 10.6 Å². The highest BCUT2D eigenvalue weighted by Crippen LogP contribution is 2.29. The van der Waals surface area contributed by atoms with Crippen molar-refractivity contribution < 1.29 is 9.59 Å². The lowest BCUT2D eigenvalue weighted by molar-refractivity contribution is 0.0947. The molecule has 0 unspecified atom stereocenters. The fourth-order valence-corrected chi connectivity index (χ4v) is 3.91. The van der Waals surface area contributed by atoms with Gasteiger partial charge in [-0.25, -0.2) is 0 Å². The van der Waals surface area contributed by atoms with Crippen molar-refractivity contribution in [3.63, 3.8) is 0 Å². The van der Waals surface area contributed by atoms with Gasteiger partial charge in [0.05, 0.1) is 11.4 Å². The molecule has 7 nitrogen and oxygen atoms in total. The molecule has 0 atom stereocenters. The third-order valence-corrected chi connectivity index (χ3v) is 5.78. The third-order valence-electron chi connectivity index (χ3n) is 5.78. The molecule has 0 fully saturated rings. The summed E-state index contributed by atoms with van der Waals surface area (Å²) in [4.78, 5) is 29.3. The summed E-state index contributed by atoms with van der Waals surface area (Å²) < 4.78 is 1.80. The molecule has 7 heteroatoms. The quantitative estimate of drug-likeness (QED) is 0.441. The van der Waals surface area contributed by atoms with Gasteiger partial charge in [0, 0.05) is 41.3 Å². The zero-order valence-corrected chi connectivity index (χ0v) is 19.0. The first-order valence-corrected chi connectivity index (χ1v) is 10.5. The summed E-state index contributed by atoms with van der Waals surface area (Å²) >= 11 is 0. The number of carbonyl (C=O) groups excluding carboxylic acids is 2. The van der Waals surface area contributed by atoms with Crippen LogP contribution in [0.15, 0.2) is 42.5 Å². The largest absolute Gasteiger partial charge is 0.349 e. The number of H-pyrrole nitrogens is 1. The van der Waals surface area contributed by atoms with E-state index in [1.54, 1.807) is 10.7 Å². The Labute approximate surface area is 186 Å². The van der Waals surface area contributed by atoms with Gasteiger partial charge in [-0.3, -0.25) is 14.3 Å². The number of carbonyl (C=O) groups is 2. The van der Waals surface area contributed by atoms with Gasteiger partial charge in [-0.1, -0.05) is 29.3 Å². The lowest BCUT2D eigenvalue weighted by Gasteiger charge is -2.10. The molecule has 2 aromatic heterocycles. The Morgan fingerprint density at radius 1 is 1.00 bits per heavy atom. The fourth-order valence-electron chi connectivity index (χ4n) is 3.91. The van der Waals surface area contributed by atoms with Crippen LogP contribution in [-0.4, -0.2) is 26.6 Å². The van der Waals surface area contributed by atoms with E-state index in [1.807, 2.05) is 71.1 Å². The smallest absolute Gasteiger partial charge is 0.270 e. The van der Waals surface area contributed by atoms with Crippen LogP contribution in [0, 0.1) is 27.7 Å². The molecule has 0 bridgehead atoms. The molecule has 4 rings (SSSR count). The molecule has 3 N–H and O–H groups in total. The maximum atomic E-state index is 13.2. The van der Waals surface area contributed by atoms with Crippen molar-refractivity contribution in [1.29, 1.82) is 0 Å². The van der Waals surface area contributed by atoms with Gasteiger partial charge in [0.2, 0.25) is 0 Å². The van der Waals surface area contributed by atoms with Crippen molar-refractivity contribution in [2.75, 3.05) is 5.32 Å². The standard InChI is InChI=1S/C25H27N5O2/c1-14-7-6-8-18(11-14)24(31)28-22-19-12-15(2)9-10-21(19)27-23(22)25(32)26-13-20-16(3)29-30(5)17(20)4/h6-12,27H,13H2,1-5H3,(H,26,32)(H,28,31). The maximum Gasteiger partial charge on any atom is 0.270 e. The molecule has 0 spiro atoms. The molecule has 0 aliphatic rings. The second kappa shape index (κ2) is 8.34. The molecule has 0 saturated heterocycles. The number of hydrogen-bond acceptors (Lipinski definition) is 3. The van der Waals surface area contributed by atoms with Crippen molar-refractivity contribution >= 4 is 28.4 Å². The van der Waals surface area contributed by atoms with Crippen LogP contribution >= 0.6 is 0 Å². The molecule has 0 saturated carbocycles. The van der Waals surface area contributed by atoms with Gasteiger partial charge in [-0.2, -0.15) is 5.10 Å². The molecule has 0 aliphatic carbocycles. The Morgan fingerprint density at radius 2 is 1.75 bits per heavy atom. The first-order chi connectivity index (χ1) is 15.2. The number of aromatic amines is 1. The second-order valence-corrected chi connectivity index (χ2v) is 8.20. The molecular formula is C25H27N5O2. The van der Waals surface area contributed by atoms with E-state index in [-0.39, 0.29) is 11.8 Å². The number of rotatable bonds is 5. The van der Waals surface area contributed by atoms with Crippen molar-refractivity contribution in [3.05, 3.63) is 81.8 Å². The predicted octanol–water partition coefficient (Wildman–Crippen LogP) is 4.32. The van der Waals surface area contributed by atoms with Gasteiger partial charge >= 0.3 is 0 Å². The van der Waals surface area contributed by atoms with Crippen molar-refractivity contribution in [1.82, 2.24) is 20.1 Å². The van der Waals surface area contributed by atoms with E-state index in [0.29, 0.717) is 23.5 Å². The number of fused-ring (bicyclic) bond motifs is 1. The highest BCUT2D eigenvalue weighted by atomic mass is 16.2. The Hall–Kier alpha value is -3.87. The van der Waals surface area contributed by atoms with Crippen LogP contribution in [0.3, 0.4) is 0 Å². The lowest BCUT2D eigenvalue weighted by atomic mass is 10.1. The Morgan fingerprint density at radius 3 is 2.44 bits per heavy atom. The summed E-state index contributed by atoms with van der Waals surface area (Å²) in [6.45, 7) is 8.16. The van der Waals surface area contributed by atoms with E-state index in [9.17, 15) is 9.59 Å². The van der Waals surface area contributed by atoms with Gasteiger partial charge in [0.1, 0.15) is 5.69 Å². The fraction of sp³-hybridized carbons (Fsp3) is 0.240. The van der Waals surface area contributed by atoms with Gasteiger partial charge in [-0.15, -0.1) is 0 Å². The minimum atomic E-state index is -0.291.